The first-order chi connectivity index (χ1) is 12.6. The molecule has 0 saturated heterocycles. The van der Waals surface area contributed by atoms with Gasteiger partial charge in [0.25, 0.3) is 5.91 Å². The van der Waals surface area contributed by atoms with Crippen LogP contribution in [0.4, 0.5) is 0 Å². The highest BCUT2D eigenvalue weighted by Gasteiger charge is 2.46. The normalized spacial score (nSPS) is 19.5. The van der Waals surface area contributed by atoms with Gasteiger partial charge in [0.2, 0.25) is 0 Å². The highest BCUT2D eigenvalue weighted by Crippen LogP contribution is 2.36. The molecule has 0 spiro atoms. The molecule has 1 aromatic rings. The molecule has 3 atom stereocenters. The van der Waals surface area contributed by atoms with E-state index in [2.05, 4.69) is 29.0 Å². The van der Waals surface area contributed by atoms with Crippen LogP contribution >= 0.6 is 12.4 Å². The zero-order valence-corrected chi connectivity index (χ0v) is 16.9. The molecule has 1 aromatic carbocycles. The molecule has 1 amide bonds. The van der Waals surface area contributed by atoms with Gasteiger partial charge in [0.1, 0.15) is 0 Å². The monoisotopic (exact) mass is 404 g/mol. The molecule has 0 unspecified atom stereocenters. The maximum absolute atomic E-state index is 12.4. The third kappa shape index (κ3) is 5.50. The second-order valence-electron chi connectivity index (χ2n) is 7.49. The summed E-state index contributed by atoms with van der Waals surface area (Å²) < 4.78 is 0. The van der Waals surface area contributed by atoms with Crippen LogP contribution in [0, 0.1) is 35.5 Å². The molecule has 0 radical (unpaired) electrons. The number of nitrogens with two attached hydrogens (primary N) is 1. The fourth-order valence-electron chi connectivity index (χ4n) is 2.35. The lowest BCUT2D eigenvalue weighted by Crippen LogP contribution is -2.68. The Labute approximate surface area is 171 Å². The van der Waals surface area contributed by atoms with Crippen molar-refractivity contribution in [2.75, 3.05) is 6.61 Å². The van der Waals surface area contributed by atoms with Gasteiger partial charge in [-0.3, -0.25) is 4.79 Å². The molecule has 2 rings (SSSR count). The third-order valence-electron chi connectivity index (χ3n) is 4.91. The minimum atomic E-state index is -1.62. The summed E-state index contributed by atoms with van der Waals surface area (Å²) in [5, 5.41) is 20.9. The number of aliphatic hydroxyl groups excluding tert-OH is 1. The molecular formula is C21H25ClN2O4. The number of halogens is 1. The van der Waals surface area contributed by atoms with Crippen LogP contribution in [0.1, 0.15) is 43.1 Å². The predicted molar refractivity (Wildman–Crippen MR) is 109 cm³/mol. The van der Waals surface area contributed by atoms with Crippen LogP contribution in [0.5, 0.6) is 0 Å². The van der Waals surface area contributed by atoms with Gasteiger partial charge in [-0.05, 0) is 69.2 Å². The molecule has 7 heteroatoms. The van der Waals surface area contributed by atoms with Gasteiger partial charge in [0, 0.05) is 29.2 Å². The summed E-state index contributed by atoms with van der Waals surface area (Å²) in [5.74, 6) is 10.2. The molecule has 6 nitrogen and oxygen atoms in total. The van der Waals surface area contributed by atoms with E-state index in [1.54, 1.807) is 38.1 Å². The summed E-state index contributed by atoms with van der Waals surface area (Å²) in [4.78, 5) is 24.0. The fraction of sp³-hybridized carbons (Fsp3) is 0.429. The second-order valence-corrected chi connectivity index (χ2v) is 7.49. The maximum Gasteiger partial charge on any atom is 0.331 e. The van der Waals surface area contributed by atoms with Crippen molar-refractivity contribution in [2.24, 2.45) is 17.6 Å². The Morgan fingerprint density at radius 2 is 1.82 bits per heavy atom. The maximum atomic E-state index is 12.4. The van der Waals surface area contributed by atoms with Crippen molar-refractivity contribution >= 4 is 24.3 Å². The standard InChI is InChI=1S/C21H24N2O4.ClH/c1-20(2,22)21(3,19(26)27)23-18(25)15-10-8-14(9-11-15)6-4-5-7-16-12-17(16)13-24;/h8-11,16-17,24H,12-13,22H2,1-3H3,(H,23,25)(H,26,27);1H/t16-,17+,21-;/m1./s1. The zero-order valence-electron chi connectivity index (χ0n) is 16.1. The van der Waals surface area contributed by atoms with Crippen molar-refractivity contribution in [3.8, 4) is 23.7 Å². The van der Waals surface area contributed by atoms with Crippen LogP contribution in [-0.2, 0) is 4.79 Å². The summed E-state index contributed by atoms with van der Waals surface area (Å²) in [6.07, 6.45) is 0.920. The first kappa shape index (κ1) is 23.5. The summed E-state index contributed by atoms with van der Waals surface area (Å²) in [6, 6.07) is 6.48. The van der Waals surface area contributed by atoms with Gasteiger partial charge in [-0.25, -0.2) is 4.79 Å². The van der Waals surface area contributed by atoms with Crippen LogP contribution < -0.4 is 11.1 Å². The Morgan fingerprint density at radius 3 is 2.29 bits per heavy atom. The number of carboxylic acid groups (broad SMARTS) is 1. The number of aliphatic carboxylic acids is 1. The lowest BCUT2D eigenvalue weighted by atomic mass is 9.81. The number of aliphatic hydroxyl groups is 1. The van der Waals surface area contributed by atoms with Gasteiger partial charge < -0.3 is 21.3 Å². The van der Waals surface area contributed by atoms with Gasteiger partial charge in [-0.15, -0.1) is 12.4 Å². The molecule has 150 valence electrons. The number of nitrogens with one attached hydrogen (secondary N) is 1. The first-order valence-electron chi connectivity index (χ1n) is 8.65. The van der Waals surface area contributed by atoms with Gasteiger partial charge in [0.05, 0.1) is 0 Å². The average molecular weight is 405 g/mol. The quantitative estimate of drug-likeness (QED) is 0.554. The fourth-order valence-corrected chi connectivity index (χ4v) is 2.35. The summed E-state index contributed by atoms with van der Waals surface area (Å²) in [6.45, 7) is 4.64. The highest BCUT2D eigenvalue weighted by molar-refractivity contribution is 5.98. The van der Waals surface area contributed by atoms with E-state index in [9.17, 15) is 14.7 Å². The number of rotatable bonds is 5. The molecule has 1 fully saturated rings. The van der Waals surface area contributed by atoms with Crippen LogP contribution in [0.2, 0.25) is 0 Å². The van der Waals surface area contributed by atoms with E-state index >= 15 is 0 Å². The van der Waals surface area contributed by atoms with E-state index in [0.717, 1.165) is 6.42 Å². The molecule has 0 aliphatic heterocycles. The van der Waals surface area contributed by atoms with Crippen molar-refractivity contribution in [2.45, 2.75) is 38.3 Å². The van der Waals surface area contributed by atoms with Crippen molar-refractivity contribution in [3.63, 3.8) is 0 Å². The van der Waals surface area contributed by atoms with Crippen molar-refractivity contribution < 1.29 is 19.8 Å². The lowest BCUT2D eigenvalue weighted by molar-refractivity contribution is -0.146. The summed E-state index contributed by atoms with van der Waals surface area (Å²) in [5.41, 5.74) is 4.16. The van der Waals surface area contributed by atoms with Crippen LogP contribution in [0.3, 0.4) is 0 Å². The molecule has 0 heterocycles. The minimum absolute atomic E-state index is 0. The molecule has 1 saturated carbocycles. The van der Waals surface area contributed by atoms with E-state index in [1.165, 1.54) is 6.92 Å². The predicted octanol–water partition coefficient (Wildman–Crippen LogP) is 1.40. The third-order valence-corrected chi connectivity index (χ3v) is 4.91. The Bertz CT molecular complexity index is 853. The number of amides is 1. The van der Waals surface area contributed by atoms with E-state index in [4.69, 9.17) is 10.8 Å². The molecule has 0 bridgehead atoms. The number of hydrogen-bond donors (Lipinski definition) is 4. The van der Waals surface area contributed by atoms with Crippen LogP contribution in [-0.4, -0.2) is 39.8 Å². The van der Waals surface area contributed by atoms with E-state index < -0.39 is 23.0 Å². The number of carbonyl (C=O) groups is 2. The molecule has 5 N–H and O–H groups in total. The van der Waals surface area contributed by atoms with E-state index in [0.29, 0.717) is 11.1 Å². The van der Waals surface area contributed by atoms with Gasteiger partial charge in [-0.2, -0.15) is 0 Å². The minimum Gasteiger partial charge on any atom is -0.479 e. The Morgan fingerprint density at radius 1 is 1.21 bits per heavy atom. The summed E-state index contributed by atoms with van der Waals surface area (Å²) >= 11 is 0. The molecule has 1 aliphatic rings. The van der Waals surface area contributed by atoms with Gasteiger partial charge in [0.15, 0.2) is 5.54 Å². The zero-order chi connectivity index (χ0) is 20.2. The van der Waals surface area contributed by atoms with Crippen molar-refractivity contribution in [1.29, 1.82) is 0 Å². The van der Waals surface area contributed by atoms with Gasteiger partial charge in [-0.1, -0.05) is 11.8 Å². The Hall–Kier alpha value is -2.51. The van der Waals surface area contributed by atoms with Crippen molar-refractivity contribution in [1.82, 2.24) is 5.32 Å². The van der Waals surface area contributed by atoms with Gasteiger partial charge >= 0.3 is 5.97 Å². The lowest BCUT2D eigenvalue weighted by Gasteiger charge is -2.38. The van der Waals surface area contributed by atoms with Crippen LogP contribution in [0.15, 0.2) is 24.3 Å². The summed E-state index contributed by atoms with van der Waals surface area (Å²) in [7, 11) is 0. The Kier molecular flexibility index (Phi) is 7.66. The Balaban J connectivity index is 0.00000392. The number of carbonyl (C=O) groups excluding carboxylic acids is 1. The molecule has 0 aromatic heterocycles. The smallest absolute Gasteiger partial charge is 0.331 e. The largest absolute Gasteiger partial charge is 0.479 e. The molecule has 1 aliphatic carbocycles. The van der Waals surface area contributed by atoms with Crippen LogP contribution in [0.25, 0.3) is 0 Å². The molecule has 28 heavy (non-hydrogen) atoms. The second kappa shape index (κ2) is 9.12. The number of benzene rings is 1. The van der Waals surface area contributed by atoms with Crippen molar-refractivity contribution in [3.05, 3.63) is 35.4 Å². The topological polar surface area (TPSA) is 113 Å². The first-order valence-corrected chi connectivity index (χ1v) is 8.65. The van der Waals surface area contributed by atoms with E-state index in [1.807, 2.05) is 0 Å². The van der Waals surface area contributed by atoms with E-state index in [-0.39, 0.29) is 30.8 Å². The SMILES string of the molecule is CC(C)(N)[C@](C)(NC(=O)c1ccc(C#CC#C[C@@H]2C[C@H]2CO)cc1)C(=O)O.Cl. The number of hydrogen-bond acceptors (Lipinski definition) is 4. The number of carboxylic acids is 1. The highest BCUT2D eigenvalue weighted by atomic mass is 35.5. The molecular weight excluding hydrogens is 380 g/mol. The average Bonchev–Trinajstić information content (AvgIpc) is 3.36.